The highest BCUT2D eigenvalue weighted by Crippen LogP contribution is 2.31. The second-order valence-corrected chi connectivity index (χ2v) is 4.69. The number of benzene rings is 1. The molecule has 1 heterocycles. The van der Waals surface area contributed by atoms with Crippen molar-refractivity contribution in [1.82, 2.24) is 15.0 Å². The molecular weight excluding hydrogens is 271 g/mol. The number of alkyl halides is 3. The summed E-state index contributed by atoms with van der Waals surface area (Å²) in [7, 11) is 0. The Kier molecular flexibility index (Phi) is 3.80. The van der Waals surface area contributed by atoms with Crippen LogP contribution >= 0.6 is 0 Å². The van der Waals surface area contributed by atoms with Crippen molar-refractivity contribution in [3.63, 3.8) is 0 Å². The summed E-state index contributed by atoms with van der Waals surface area (Å²) in [5, 5.41) is 16.9. The summed E-state index contributed by atoms with van der Waals surface area (Å²) in [6, 6.07) is 4.86. The van der Waals surface area contributed by atoms with Crippen LogP contribution in [0.4, 0.5) is 13.2 Å². The zero-order valence-corrected chi connectivity index (χ0v) is 11.0. The molecule has 108 valence electrons. The standard InChI is InChI=1S/C13H14F3N3O/c1-8(2)12-11(7-20)17-18-19(12)10-5-3-4-9(6-10)13(14,15)16/h3-6,8,20H,7H2,1-2H3. The molecule has 0 atom stereocenters. The Labute approximate surface area is 113 Å². The third-order valence-electron chi connectivity index (χ3n) is 2.89. The lowest BCUT2D eigenvalue weighted by Gasteiger charge is -2.12. The molecule has 0 aliphatic carbocycles. The highest BCUT2D eigenvalue weighted by atomic mass is 19.4. The van der Waals surface area contributed by atoms with Crippen LogP contribution in [-0.2, 0) is 12.8 Å². The number of rotatable bonds is 3. The molecule has 2 rings (SSSR count). The summed E-state index contributed by atoms with van der Waals surface area (Å²) >= 11 is 0. The average Bonchev–Trinajstić information content (AvgIpc) is 2.81. The van der Waals surface area contributed by atoms with Gasteiger partial charge < -0.3 is 5.11 Å². The SMILES string of the molecule is CC(C)c1c(CO)nnn1-c1cccc(C(F)(F)F)c1. The van der Waals surface area contributed by atoms with Crippen LogP contribution in [0, 0.1) is 0 Å². The Balaban J connectivity index is 2.55. The first-order valence-corrected chi connectivity index (χ1v) is 6.07. The van der Waals surface area contributed by atoms with Gasteiger partial charge in [-0.3, -0.25) is 0 Å². The fourth-order valence-corrected chi connectivity index (χ4v) is 2.02. The van der Waals surface area contributed by atoms with Crippen molar-refractivity contribution in [2.75, 3.05) is 0 Å². The van der Waals surface area contributed by atoms with Crippen LogP contribution in [0.15, 0.2) is 24.3 Å². The van der Waals surface area contributed by atoms with E-state index in [1.54, 1.807) is 0 Å². The van der Waals surface area contributed by atoms with Crippen molar-refractivity contribution < 1.29 is 18.3 Å². The maximum absolute atomic E-state index is 12.7. The molecule has 0 amide bonds. The van der Waals surface area contributed by atoms with E-state index in [2.05, 4.69) is 10.3 Å². The third-order valence-corrected chi connectivity index (χ3v) is 2.89. The molecule has 0 fully saturated rings. The summed E-state index contributed by atoms with van der Waals surface area (Å²) in [5.74, 6) is -0.0262. The molecule has 4 nitrogen and oxygen atoms in total. The normalized spacial score (nSPS) is 12.2. The number of aliphatic hydroxyl groups excluding tert-OH is 1. The van der Waals surface area contributed by atoms with E-state index in [1.165, 1.54) is 16.8 Å². The predicted molar refractivity (Wildman–Crippen MR) is 66.4 cm³/mol. The van der Waals surface area contributed by atoms with Gasteiger partial charge in [0.05, 0.1) is 23.6 Å². The van der Waals surface area contributed by atoms with Crippen molar-refractivity contribution in [3.8, 4) is 5.69 Å². The summed E-state index contributed by atoms with van der Waals surface area (Å²) < 4.78 is 39.5. The molecule has 1 aromatic carbocycles. The molecular formula is C13H14F3N3O. The Morgan fingerprint density at radius 3 is 2.55 bits per heavy atom. The van der Waals surface area contributed by atoms with Crippen molar-refractivity contribution in [2.45, 2.75) is 32.5 Å². The van der Waals surface area contributed by atoms with Gasteiger partial charge in [0.1, 0.15) is 5.69 Å². The summed E-state index contributed by atoms with van der Waals surface area (Å²) in [6.07, 6.45) is -4.41. The Bertz CT molecular complexity index is 605. The Morgan fingerprint density at radius 2 is 2.00 bits per heavy atom. The van der Waals surface area contributed by atoms with Crippen LogP contribution in [-0.4, -0.2) is 20.1 Å². The van der Waals surface area contributed by atoms with Crippen LogP contribution < -0.4 is 0 Å². The molecule has 0 saturated carbocycles. The summed E-state index contributed by atoms with van der Waals surface area (Å²) in [5.41, 5.74) is 0.505. The maximum atomic E-state index is 12.7. The molecule has 0 radical (unpaired) electrons. The second kappa shape index (κ2) is 5.24. The molecule has 0 aliphatic heterocycles. The number of aliphatic hydroxyl groups is 1. The first-order valence-electron chi connectivity index (χ1n) is 6.07. The van der Waals surface area contributed by atoms with Crippen LogP contribution in [0.25, 0.3) is 5.69 Å². The van der Waals surface area contributed by atoms with Gasteiger partial charge in [0.2, 0.25) is 0 Å². The molecule has 7 heteroatoms. The van der Waals surface area contributed by atoms with Crippen molar-refractivity contribution >= 4 is 0 Å². The van der Waals surface area contributed by atoms with E-state index >= 15 is 0 Å². The first-order chi connectivity index (χ1) is 9.34. The number of hydrogen-bond acceptors (Lipinski definition) is 3. The van der Waals surface area contributed by atoms with E-state index in [-0.39, 0.29) is 18.2 Å². The number of halogens is 3. The quantitative estimate of drug-likeness (QED) is 0.943. The van der Waals surface area contributed by atoms with Crippen LogP contribution in [0.5, 0.6) is 0 Å². The Morgan fingerprint density at radius 1 is 1.30 bits per heavy atom. The lowest BCUT2D eigenvalue weighted by molar-refractivity contribution is -0.137. The Hall–Kier alpha value is -1.89. The van der Waals surface area contributed by atoms with Gasteiger partial charge in [-0.2, -0.15) is 13.2 Å². The number of nitrogens with zero attached hydrogens (tertiary/aromatic N) is 3. The molecule has 1 N–H and O–H groups in total. The van der Waals surface area contributed by atoms with Crippen LogP contribution in [0.2, 0.25) is 0 Å². The topological polar surface area (TPSA) is 50.9 Å². The summed E-state index contributed by atoms with van der Waals surface area (Å²) in [4.78, 5) is 0. The highest BCUT2D eigenvalue weighted by Gasteiger charge is 2.31. The van der Waals surface area contributed by atoms with Gasteiger partial charge in [-0.1, -0.05) is 25.1 Å². The average molecular weight is 285 g/mol. The minimum Gasteiger partial charge on any atom is -0.390 e. The second-order valence-electron chi connectivity index (χ2n) is 4.69. The smallest absolute Gasteiger partial charge is 0.390 e. The molecule has 0 aliphatic rings. The van der Waals surface area contributed by atoms with E-state index in [4.69, 9.17) is 0 Å². The minimum atomic E-state index is -4.41. The van der Waals surface area contributed by atoms with Gasteiger partial charge in [-0.25, -0.2) is 4.68 Å². The van der Waals surface area contributed by atoms with Gasteiger partial charge >= 0.3 is 6.18 Å². The van der Waals surface area contributed by atoms with Crippen molar-refractivity contribution in [1.29, 1.82) is 0 Å². The minimum absolute atomic E-state index is 0.0262. The number of aromatic nitrogens is 3. The monoisotopic (exact) mass is 285 g/mol. The molecule has 0 bridgehead atoms. The van der Waals surface area contributed by atoms with Crippen LogP contribution in [0.1, 0.15) is 36.7 Å². The lowest BCUT2D eigenvalue weighted by atomic mass is 10.1. The van der Waals surface area contributed by atoms with Crippen molar-refractivity contribution in [3.05, 3.63) is 41.2 Å². The molecule has 0 unspecified atom stereocenters. The predicted octanol–water partition coefficient (Wildman–Crippen LogP) is 2.90. The third kappa shape index (κ3) is 2.67. The molecule has 0 saturated heterocycles. The fourth-order valence-electron chi connectivity index (χ4n) is 2.02. The summed E-state index contributed by atoms with van der Waals surface area (Å²) in [6.45, 7) is 3.43. The van der Waals surface area contributed by atoms with Gasteiger partial charge in [0.15, 0.2) is 0 Å². The van der Waals surface area contributed by atoms with Crippen molar-refractivity contribution in [2.24, 2.45) is 0 Å². The highest BCUT2D eigenvalue weighted by molar-refractivity contribution is 5.38. The van der Waals surface area contributed by atoms with E-state index in [1.807, 2.05) is 13.8 Å². The zero-order valence-electron chi connectivity index (χ0n) is 11.0. The zero-order chi connectivity index (χ0) is 14.9. The van der Waals surface area contributed by atoms with E-state index < -0.39 is 11.7 Å². The molecule has 20 heavy (non-hydrogen) atoms. The van der Waals surface area contributed by atoms with Gasteiger partial charge in [0, 0.05) is 0 Å². The maximum Gasteiger partial charge on any atom is 0.416 e. The van der Waals surface area contributed by atoms with E-state index in [9.17, 15) is 18.3 Å². The first kappa shape index (κ1) is 14.5. The molecule has 2 aromatic rings. The van der Waals surface area contributed by atoms with Gasteiger partial charge in [0.25, 0.3) is 0 Å². The van der Waals surface area contributed by atoms with E-state index in [0.29, 0.717) is 11.4 Å². The van der Waals surface area contributed by atoms with Gasteiger partial charge in [-0.15, -0.1) is 5.10 Å². The fraction of sp³-hybridized carbons (Fsp3) is 0.385. The van der Waals surface area contributed by atoms with Gasteiger partial charge in [-0.05, 0) is 24.1 Å². The van der Waals surface area contributed by atoms with Crippen LogP contribution in [0.3, 0.4) is 0 Å². The largest absolute Gasteiger partial charge is 0.416 e. The van der Waals surface area contributed by atoms with E-state index in [0.717, 1.165) is 12.1 Å². The number of hydrogen-bond donors (Lipinski definition) is 1. The lowest BCUT2D eigenvalue weighted by Crippen LogP contribution is -2.09. The molecule has 0 spiro atoms. The molecule has 1 aromatic heterocycles.